The maximum atomic E-state index is 12.4. The molecule has 0 saturated carbocycles. The van der Waals surface area contributed by atoms with Gasteiger partial charge in [-0.1, -0.05) is 30.3 Å². The average molecular weight is 316 g/mol. The Balaban J connectivity index is 1.81. The predicted molar refractivity (Wildman–Crippen MR) is 91.9 cm³/mol. The first-order valence-electron chi connectivity index (χ1n) is 8.42. The molecule has 1 aliphatic heterocycles. The van der Waals surface area contributed by atoms with Crippen molar-refractivity contribution in [1.29, 1.82) is 0 Å². The molecule has 1 N–H and O–H groups in total. The first-order valence-corrected chi connectivity index (χ1v) is 8.42. The van der Waals surface area contributed by atoms with Crippen molar-refractivity contribution >= 4 is 11.8 Å². The molecule has 1 heterocycles. The fraction of sp³-hybridized carbons (Fsp3) is 0.579. The van der Waals surface area contributed by atoms with Crippen LogP contribution in [0.4, 0.5) is 0 Å². The van der Waals surface area contributed by atoms with Crippen LogP contribution in [0.1, 0.15) is 46.1 Å². The highest BCUT2D eigenvalue weighted by Gasteiger charge is 2.39. The van der Waals surface area contributed by atoms with E-state index in [2.05, 4.69) is 17.4 Å². The minimum atomic E-state index is -0.221. The van der Waals surface area contributed by atoms with Crippen LogP contribution in [0.2, 0.25) is 0 Å². The van der Waals surface area contributed by atoms with Gasteiger partial charge in [0.15, 0.2) is 0 Å². The van der Waals surface area contributed by atoms with Crippen LogP contribution in [-0.4, -0.2) is 34.8 Å². The Morgan fingerprint density at radius 3 is 2.52 bits per heavy atom. The molecule has 0 unspecified atom stereocenters. The van der Waals surface area contributed by atoms with E-state index in [4.69, 9.17) is 0 Å². The van der Waals surface area contributed by atoms with Crippen LogP contribution >= 0.6 is 0 Å². The number of benzene rings is 1. The van der Waals surface area contributed by atoms with Gasteiger partial charge in [0, 0.05) is 24.5 Å². The molecule has 1 aliphatic rings. The van der Waals surface area contributed by atoms with Gasteiger partial charge in [0.05, 0.1) is 5.92 Å². The van der Waals surface area contributed by atoms with Crippen LogP contribution in [0.15, 0.2) is 30.3 Å². The summed E-state index contributed by atoms with van der Waals surface area (Å²) in [5.41, 5.74) is 1.06. The molecule has 0 aliphatic carbocycles. The summed E-state index contributed by atoms with van der Waals surface area (Å²) < 4.78 is 0. The Hall–Kier alpha value is -1.84. The summed E-state index contributed by atoms with van der Waals surface area (Å²) in [6.45, 7) is 8.58. The molecule has 1 fully saturated rings. The monoisotopic (exact) mass is 316 g/mol. The lowest BCUT2D eigenvalue weighted by molar-refractivity contribution is -0.132. The number of nitrogens with one attached hydrogen (secondary N) is 1. The van der Waals surface area contributed by atoms with Crippen molar-refractivity contribution < 1.29 is 9.59 Å². The van der Waals surface area contributed by atoms with Crippen molar-refractivity contribution in [3.05, 3.63) is 35.9 Å². The van der Waals surface area contributed by atoms with Crippen LogP contribution in [0.5, 0.6) is 0 Å². The maximum absolute atomic E-state index is 12.4. The summed E-state index contributed by atoms with van der Waals surface area (Å²) >= 11 is 0. The van der Waals surface area contributed by atoms with E-state index in [-0.39, 0.29) is 29.3 Å². The van der Waals surface area contributed by atoms with Gasteiger partial charge in [-0.25, -0.2) is 0 Å². The van der Waals surface area contributed by atoms with Gasteiger partial charge in [-0.15, -0.1) is 0 Å². The summed E-state index contributed by atoms with van der Waals surface area (Å²) in [5.74, 6) is -0.138. The molecule has 0 aromatic heterocycles. The standard InChI is InChI=1S/C19H28N2O2/c1-14(10-11-15-8-6-5-7-9-15)20-18(23)16-12-17(22)21(13-16)19(2,3)4/h5-9,14,16H,10-13H2,1-4H3,(H,20,23)/t14-,16+/m1/s1. The number of rotatable bonds is 5. The molecular formula is C19H28N2O2. The zero-order chi connectivity index (χ0) is 17.0. The minimum Gasteiger partial charge on any atom is -0.353 e. The Bertz CT molecular complexity index is 548. The Labute approximate surface area is 139 Å². The number of likely N-dealkylation sites (tertiary alicyclic amines) is 1. The molecule has 2 amide bonds. The van der Waals surface area contributed by atoms with E-state index in [1.54, 1.807) is 0 Å². The zero-order valence-corrected chi connectivity index (χ0v) is 14.6. The first-order chi connectivity index (χ1) is 10.8. The number of hydrogen-bond acceptors (Lipinski definition) is 2. The van der Waals surface area contributed by atoms with Crippen LogP contribution in [-0.2, 0) is 16.0 Å². The van der Waals surface area contributed by atoms with Crippen molar-refractivity contribution in [3.63, 3.8) is 0 Å². The van der Waals surface area contributed by atoms with Gasteiger partial charge >= 0.3 is 0 Å². The summed E-state index contributed by atoms with van der Waals surface area (Å²) in [6, 6.07) is 10.4. The molecule has 1 aromatic rings. The first kappa shape index (κ1) is 17.5. The molecule has 0 radical (unpaired) electrons. The highest BCUT2D eigenvalue weighted by molar-refractivity contribution is 5.89. The lowest BCUT2D eigenvalue weighted by atomic mass is 10.0. The third-order valence-corrected chi connectivity index (χ3v) is 4.40. The summed E-state index contributed by atoms with van der Waals surface area (Å²) in [7, 11) is 0. The van der Waals surface area contributed by atoms with Gasteiger partial charge in [-0.05, 0) is 46.1 Å². The number of nitrogens with zero attached hydrogens (tertiary/aromatic N) is 1. The molecule has 2 atom stereocenters. The topological polar surface area (TPSA) is 49.4 Å². The van der Waals surface area contributed by atoms with Gasteiger partial charge in [0.2, 0.25) is 11.8 Å². The van der Waals surface area contributed by atoms with Gasteiger partial charge in [-0.3, -0.25) is 9.59 Å². The number of carbonyl (C=O) groups excluding carboxylic acids is 2. The molecule has 1 saturated heterocycles. The molecule has 4 heteroatoms. The molecule has 1 aromatic carbocycles. The average Bonchev–Trinajstić information content (AvgIpc) is 2.88. The van der Waals surface area contributed by atoms with E-state index in [9.17, 15) is 9.59 Å². The van der Waals surface area contributed by atoms with E-state index in [0.717, 1.165) is 12.8 Å². The maximum Gasteiger partial charge on any atom is 0.225 e. The second-order valence-corrected chi connectivity index (χ2v) is 7.51. The SMILES string of the molecule is C[C@H](CCc1ccccc1)NC(=O)[C@H]1CC(=O)N(C(C)(C)C)C1. The Morgan fingerprint density at radius 2 is 1.96 bits per heavy atom. The fourth-order valence-corrected chi connectivity index (χ4v) is 2.99. The third kappa shape index (κ3) is 4.81. The van der Waals surface area contributed by atoms with Crippen molar-refractivity contribution in [1.82, 2.24) is 10.2 Å². The van der Waals surface area contributed by atoms with Crippen LogP contribution < -0.4 is 5.32 Å². The predicted octanol–water partition coefficient (Wildman–Crippen LogP) is 2.77. The second kappa shape index (κ2) is 7.16. The van der Waals surface area contributed by atoms with E-state index < -0.39 is 0 Å². The highest BCUT2D eigenvalue weighted by Crippen LogP contribution is 2.26. The Kier molecular flexibility index (Phi) is 5.45. The lowest BCUT2D eigenvalue weighted by Gasteiger charge is -2.32. The molecule has 0 bridgehead atoms. The number of hydrogen-bond donors (Lipinski definition) is 1. The second-order valence-electron chi connectivity index (χ2n) is 7.51. The molecule has 0 spiro atoms. The van der Waals surface area contributed by atoms with Crippen molar-refractivity contribution in [2.75, 3.05) is 6.54 Å². The van der Waals surface area contributed by atoms with E-state index >= 15 is 0 Å². The number of amides is 2. The van der Waals surface area contributed by atoms with Crippen LogP contribution in [0, 0.1) is 5.92 Å². The summed E-state index contributed by atoms with van der Waals surface area (Å²) in [4.78, 5) is 26.3. The molecular weight excluding hydrogens is 288 g/mol. The zero-order valence-electron chi connectivity index (χ0n) is 14.6. The summed E-state index contributed by atoms with van der Waals surface area (Å²) in [5, 5.41) is 3.07. The van der Waals surface area contributed by atoms with Crippen molar-refractivity contribution in [3.8, 4) is 0 Å². The van der Waals surface area contributed by atoms with Crippen LogP contribution in [0.25, 0.3) is 0 Å². The largest absolute Gasteiger partial charge is 0.353 e. The van der Waals surface area contributed by atoms with Gasteiger partial charge < -0.3 is 10.2 Å². The molecule has 23 heavy (non-hydrogen) atoms. The number of carbonyl (C=O) groups is 2. The minimum absolute atomic E-state index is 0.00524. The van der Waals surface area contributed by atoms with Crippen LogP contribution in [0.3, 0.4) is 0 Å². The molecule has 126 valence electrons. The third-order valence-electron chi connectivity index (χ3n) is 4.40. The normalized spacial score (nSPS) is 19.7. The van der Waals surface area contributed by atoms with Crippen molar-refractivity contribution in [2.45, 2.75) is 58.5 Å². The quantitative estimate of drug-likeness (QED) is 0.908. The molecule has 4 nitrogen and oxygen atoms in total. The molecule has 2 rings (SSSR count). The van der Waals surface area contributed by atoms with Gasteiger partial charge in [-0.2, -0.15) is 0 Å². The fourth-order valence-electron chi connectivity index (χ4n) is 2.99. The Morgan fingerprint density at radius 1 is 1.30 bits per heavy atom. The van der Waals surface area contributed by atoms with Gasteiger partial charge in [0.1, 0.15) is 0 Å². The summed E-state index contributed by atoms with van der Waals surface area (Å²) in [6.07, 6.45) is 2.17. The van der Waals surface area contributed by atoms with Gasteiger partial charge in [0.25, 0.3) is 0 Å². The van der Waals surface area contributed by atoms with E-state index in [0.29, 0.717) is 13.0 Å². The van der Waals surface area contributed by atoms with E-state index in [1.807, 2.05) is 50.8 Å². The smallest absolute Gasteiger partial charge is 0.225 e. The van der Waals surface area contributed by atoms with E-state index in [1.165, 1.54) is 5.56 Å². The lowest BCUT2D eigenvalue weighted by Crippen LogP contribution is -2.44. The highest BCUT2D eigenvalue weighted by atomic mass is 16.2. The number of aryl methyl sites for hydroxylation is 1. The van der Waals surface area contributed by atoms with Crippen molar-refractivity contribution in [2.24, 2.45) is 5.92 Å².